The van der Waals surface area contributed by atoms with Crippen LogP contribution >= 0.6 is 0 Å². The minimum absolute atomic E-state index is 0.00603. The molecule has 0 radical (unpaired) electrons. The summed E-state index contributed by atoms with van der Waals surface area (Å²) in [5.41, 5.74) is 1.38. The van der Waals surface area contributed by atoms with E-state index in [0.717, 1.165) is 5.71 Å². The molecule has 5 nitrogen and oxygen atoms in total. The van der Waals surface area contributed by atoms with Crippen LogP contribution in [0.4, 0.5) is 0 Å². The van der Waals surface area contributed by atoms with E-state index in [-0.39, 0.29) is 18.1 Å². The fourth-order valence-corrected chi connectivity index (χ4v) is 2.05. The highest BCUT2D eigenvalue weighted by atomic mass is 16.4. The van der Waals surface area contributed by atoms with Crippen molar-refractivity contribution in [2.45, 2.75) is 19.3 Å². The number of likely N-dealkylation sites (tertiary alicyclic amines) is 1. The molecule has 5 heteroatoms. The molecule has 0 bridgehead atoms. The summed E-state index contributed by atoms with van der Waals surface area (Å²) >= 11 is 0. The number of phenolic OH excluding ortho intramolecular Hbond substituents is 1. The van der Waals surface area contributed by atoms with Crippen LogP contribution in [0.1, 0.15) is 18.4 Å². The lowest BCUT2D eigenvalue weighted by Crippen LogP contribution is -2.39. The summed E-state index contributed by atoms with van der Waals surface area (Å²) < 4.78 is 0. The molecule has 0 spiro atoms. The van der Waals surface area contributed by atoms with Crippen molar-refractivity contribution >= 4 is 11.6 Å². The first-order valence-corrected chi connectivity index (χ1v) is 5.95. The number of aromatic hydroxyl groups is 1. The Morgan fingerprint density at radius 1 is 1.28 bits per heavy atom. The molecule has 96 valence electrons. The molecular weight excluding hydrogens is 232 g/mol. The number of hydrogen-bond acceptors (Lipinski definition) is 4. The molecule has 1 saturated heterocycles. The number of amides is 1. The van der Waals surface area contributed by atoms with Crippen molar-refractivity contribution in [3.63, 3.8) is 0 Å². The minimum atomic E-state index is -0.00603. The maximum absolute atomic E-state index is 12.0. The van der Waals surface area contributed by atoms with Gasteiger partial charge in [-0.3, -0.25) is 4.79 Å². The van der Waals surface area contributed by atoms with Crippen LogP contribution in [-0.2, 0) is 11.2 Å². The predicted molar refractivity (Wildman–Crippen MR) is 66.8 cm³/mol. The van der Waals surface area contributed by atoms with E-state index in [1.807, 2.05) is 0 Å². The summed E-state index contributed by atoms with van der Waals surface area (Å²) in [5, 5.41) is 21.4. The SMILES string of the molecule is O=C(Cc1ccccc1O)N1CCC(=NO)CC1. The molecule has 1 aliphatic rings. The minimum Gasteiger partial charge on any atom is -0.508 e. The van der Waals surface area contributed by atoms with Gasteiger partial charge < -0.3 is 15.2 Å². The molecule has 1 aliphatic heterocycles. The number of rotatable bonds is 2. The predicted octanol–water partition coefficient (Wildman–Crippen LogP) is 1.39. The number of nitrogens with zero attached hydrogens (tertiary/aromatic N) is 2. The number of hydrogen-bond donors (Lipinski definition) is 2. The third kappa shape index (κ3) is 2.80. The van der Waals surface area contributed by atoms with Gasteiger partial charge in [-0.2, -0.15) is 0 Å². The van der Waals surface area contributed by atoms with Gasteiger partial charge in [0.15, 0.2) is 0 Å². The maximum Gasteiger partial charge on any atom is 0.227 e. The lowest BCUT2D eigenvalue weighted by molar-refractivity contribution is -0.130. The van der Waals surface area contributed by atoms with E-state index < -0.39 is 0 Å². The highest BCUT2D eigenvalue weighted by Gasteiger charge is 2.20. The summed E-state index contributed by atoms with van der Waals surface area (Å²) in [6, 6.07) is 6.86. The van der Waals surface area contributed by atoms with E-state index in [0.29, 0.717) is 31.5 Å². The van der Waals surface area contributed by atoms with Crippen molar-refractivity contribution in [3.8, 4) is 5.75 Å². The van der Waals surface area contributed by atoms with Crippen LogP contribution in [-0.4, -0.2) is 39.9 Å². The average molecular weight is 248 g/mol. The Kier molecular flexibility index (Phi) is 3.82. The van der Waals surface area contributed by atoms with Gasteiger partial charge in [0, 0.05) is 31.5 Å². The van der Waals surface area contributed by atoms with Gasteiger partial charge in [0.05, 0.1) is 12.1 Å². The van der Waals surface area contributed by atoms with E-state index in [4.69, 9.17) is 5.21 Å². The summed E-state index contributed by atoms with van der Waals surface area (Å²) in [4.78, 5) is 13.8. The number of piperidine rings is 1. The number of carbonyl (C=O) groups excluding carboxylic acids is 1. The normalized spacial score (nSPS) is 15.6. The fourth-order valence-electron chi connectivity index (χ4n) is 2.05. The van der Waals surface area contributed by atoms with E-state index in [1.54, 1.807) is 29.2 Å². The second-order valence-corrected chi connectivity index (χ2v) is 4.35. The van der Waals surface area contributed by atoms with Crippen LogP contribution in [0.15, 0.2) is 29.4 Å². The molecule has 1 heterocycles. The largest absolute Gasteiger partial charge is 0.508 e. The standard InChI is InChI=1S/C13H16N2O3/c16-12-4-2-1-3-10(12)9-13(17)15-7-5-11(14-18)6-8-15/h1-4,16,18H,5-9H2. The molecule has 0 aliphatic carbocycles. The zero-order valence-corrected chi connectivity index (χ0v) is 10.0. The van der Waals surface area contributed by atoms with Gasteiger partial charge in [-0.1, -0.05) is 23.4 Å². The molecule has 0 atom stereocenters. The first-order chi connectivity index (χ1) is 8.70. The molecule has 0 saturated carbocycles. The van der Waals surface area contributed by atoms with Crippen LogP contribution in [0, 0.1) is 0 Å². The number of oxime groups is 1. The third-order valence-electron chi connectivity index (χ3n) is 3.17. The van der Waals surface area contributed by atoms with Crippen LogP contribution in [0.2, 0.25) is 0 Å². The number of para-hydroxylation sites is 1. The van der Waals surface area contributed by atoms with Gasteiger partial charge in [-0.05, 0) is 6.07 Å². The maximum atomic E-state index is 12.0. The van der Waals surface area contributed by atoms with E-state index in [9.17, 15) is 9.90 Å². The number of benzene rings is 1. The lowest BCUT2D eigenvalue weighted by atomic mass is 10.1. The Balaban J connectivity index is 1.95. The Morgan fingerprint density at radius 2 is 1.94 bits per heavy atom. The highest BCUT2D eigenvalue weighted by Crippen LogP contribution is 2.18. The van der Waals surface area contributed by atoms with Crippen molar-refractivity contribution in [1.82, 2.24) is 4.90 Å². The highest BCUT2D eigenvalue weighted by molar-refractivity contribution is 5.87. The first-order valence-electron chi connectivity index (χ1n) is 5.95. The molecule has 18 heavy (non-hydrogen) atoms. The molecule has 2 rings (SSSR count). The monoisotopic (exact) mass is 248 g/mol. The number of phenols is 1. The Morgan fingerprint density at radius 3 is 2.56 bits per heavy atom. The van der Waals surface area contributed by atoms with Crippen molar-refractivity contribution in [2.75, 3.05) is 13.1 Å². The second-order valence-electron chi connectivity index (χ2n) is 4.35. The van der Waals surface area contributed by atoms with Crippen molar-refractivity contribution < 1.29 is 15.1 Å². The van der Waals surface area contributed by atoms with Crippen molar-refractivity contribution in [1.29, 1.82) is 0 Å². The summed E-state index contributed by atoms with van der Waals surface area (Å²) in [7, 11) is 0. The summed E-state index contributed by atoms with van der Waals surface area (Å²) in [5.74, 6) is 0.147. The molecule has 2 N–H and O–H groups in total. The lowest BCUT2D eigenvalue weighted by Gasteiger charge is -2.27. The molecule has 1 aromatic carbocycles. The molecule has 0 aromatic heterocycles. The molecule has 1 aromatic rings. The van der Waals surface area contributed by atoms with Gasteiger partial charge >= 0.3 is 0 Å². The summed E-state index contributed by atoms with van der Waals surface area (Å²) in [6.07, 6.45) is 1.43. The van der Waals surface area contributed by atoms with Gasteiger partial charge in [-0.15, -0.1) is 0 Å². The topological polar surface area (TPSA) is 73.1 Å². The number of carbonyl (C=O) groups is 1. The molecular formula is C13H16N2O3. The zero-order chi connectivity index (χ0) is 13.0. The first kappa shape index (κ1) is 12.4. The van der Waals surface area contributed by atoms with E-state index in [1.165, 1.54) is 0 Å². The van der Waals surface area contributed by atoms with Crippen LogP contribution in [0.25, 0.3) is 0 Å². The van der Waals surface area contributed by atoms with E-state index in [2.05, 4.69) is 5.16 Å². The third-order valence-corrected chi connectivity index (χ3v) is 3.17. The van der Waals surface area contributed by atoms with Gasteiger partial charge in [0.2, 0.25) is 5.91 Å². The van der Waals surface area contributed by atoms with Gasteiger partial charge in [0.1, 0.15) is 5.75 Å². The quantitative estimate of drug-likeness (QED) is 0.613. The fraction of sp³-hybridized carbons (Fsp3) is 0.385. The summed E-state index contributed by atoms with van der Waals surface area (Å²) in [6.45, 7) is 1.15. The smallest absolute Gasteiger partial charge is 0.227 e. The van der Waals surface area contributed by atoms with Gasteiger partial charge in [-0.25, -0.2) is 0 Å². The second kappa shape index (κ2) is 5.53. The Hall–Kier alpha value is -2.04. The molecule has 1 amide bonds. The Bertz CT molecular complexity index is 461. The van der Waals surface area contributed by atoms with E-state index >= 15 is 0 Å². The van der Waals surface area contributed by atoms with Crippen LogP contribution in [0.5, 0.6) is 5.75 Å². The van der Waals surface area contributed by atoms with Gasteiger partial charge in [0.25, 0.3) is 0 Å². The van der Waals surface area contributed by atoms with Crippen LogP contribution in [0.3, 0.4) is 0 Å². The van der Waals surface area contributed by atoms with Crippen LogP contribution < -0.4 is 0 Å². The average Bonchev–Trinajstić information content (AvgIpc) is 2.41. The van der Waals surface area contributed by atoms with Crippen molar-refractivity contribution in [3.05, 3.63) is 29.8 Å². The Labute approximate surface area is 105 Å². The molecule has 1 fully saturated rings. The zero-order valence-electron chi connectivity index (χ0n) is 10.0. The molecule has 0 unspecified atom stereocenters. The van der Waals surface area contributed by atoms with Crippen molar-refractivity contribution in [2.24, 2.45) is 5.16 Å².